The molecule has 0 aliphatic rings. The summed E-state index contributed by atoms with van der Waals surface area (Å²) < 4.78 is 0. The number of hydrogen-bond donors (Lipinski definition) is 2. The Balaban J connectivity index is 3.03. The smallest absolute Gasteiger partial charge is 0.306 e. The molecule has 0 spiro atoms. The molecule has 1 unspecified atom stereocenters. The van der Waals surface area contributed by atoms with Crippen LogP contribution in [-0.4, -0.2) is 16.2 Å². The Morgan fingerprint density at radius 2 is 2.13 bits per heavy atom. The monoisotopic (exact) mass is 228 g/mol. The van der Waals surface area contributed by atoms with Gasteiger partial charge in [0.25, 0.3) is 0 Å². The highest BCUT2D eigenvalue weighted by atomic mass is 35.5. The molecule has 0 aromatic heterocycles. The van der Waals surface area contributed by atoms with Gasteiger partial charge < -0.3 is 10.2 Å². The Kier molecular flexibility index (Phi) is 3.58. The molecule has 0 aliphatic carbocycles. The normalized spacial score (nSPS) is 12.5. The highest BCUT2D eigenvalue weighted by molar-refractivity contribution is 6.32. The number of hydrogen-bond acceptors (Lipinski definition) is 2. The molecule has 1 aromatic carbocycles. The largest absolute Gasteiger partial charge is 0.508 e. The van der Waals surface area contributed by atoms with Gasteiger partial charge in [-0.1, -0.05) is 24.6 Å². The lowest BCUT2D eigenvalue weighted by Gasteiger charge is -2.11. The second kappa shape index (κ2) is 4.53. The Morgan fingerprint density at radius 1 is 1.53 bits per heavy atom. The summed E-state index contributed by atoms with van der Waals surface area (Å²) in [5.41, 5.74) is 1.34. The average molecular weight is 229 g/mol. The van der Waals surface area contributed by atoms with Crippen LogP contribution in [0.15, 0.2) is 12.1 Å². The first-order chi connectivity index (χ1) is 6.93. The summed E-state index contributed by atoms with van der Waals surface area (Å²) in [4.78, 5) is 10.7. The molecule has 0 saturated carbocycles. The van der Waals surface area contributed by atoms with Crippen LogP contribution >= 0.6 is 11.6 Å². The van der Waals surface area contributed by atoms with E-state index in [4.69, 9.17) is 16.7 Å². The Labute approximate surface area is 93.3 Å². The SMILES string of the molecule is Cc1ccc(O)c(CC(C)C(=O)O)c1Cl. The molecule has 15 heavy (non-hydrogen) atoms. The lowest BCUT2D eigenvalue weighted by molar-refractivity contribution is -0.141. The summed E-state index contributed by atoms with van der Waals surface area (Å²) in [6.45, 7) is 3.40. The van der Waals surface area contributed by atoms with E-state index in [9.17, 15) is 9.90 Å². The van der Waals surface area contributed by atoms with Gasteiger partial charge in [0, 0.05) is 5.56 Å². The van der Waals surface area contributed by atoms with Crippen LogP contribution in [0.2, 0.25) is 5.02 Å². The summed E-state index contributed by atoms with van der Waals surface area (Å²) >= 11 is 5.99. The fourth-order valence-electron chi connectivity index (χ4n) is 1.32. The minimum absolute atomic E-state index is 0.0544. The second-order valence-corrected chi connectivity index (χ2v) is 4.02. The van der Waals surface area contributed by atoms with Crippen molar-refractivity contribution in [2.75, 3.05) is 0 Å². The number of benzene rings is 1. The van der Waals surface area contributed by atoms with Gasteiger partial charge in [-0.15, -0.1) is 0 Å². The summed E-state index contributed by atoms with van der Waals surface area (Å²) in [5, 5.41) is 18.8. The zero-order valence-corrected chi connectivity index (χ0v) is 9.38. The van der Waals surface area contributed by atoms with Crippen molar-refractivity contribution in [2.24, 2.45) is 5.92 Å². The fraction of sp³-hybridized carbons (Fsp3) is 0.364. The molecule has 4 heteroatoms. The van der Waals surface area contributed by atoms with E-state index < -0.39 is 11.9 Å². The topological polar surface area (TPSA) is 57.5 Å². The maximum absolute atomic E-state index is 10.7. The number of phenolic OH excluding ortho intramolecular Hbond substituents is 1. The van der Waals surface area contributed by atoms with Crippen LogP contribution in [0.3, 0.4) is 0 Å². The van der Waals surface area contributed by atoms with Gasteiger partial charge in [0.2, 0.25) is 0 Å². The van der Waals surface area contributed by atoms with E-state index in [1.165, 1.54) is 6.07 Å². The van der Waals surface area contributed by atoms with Crippen molar-refractivity contribution in [1.29, 1.82) is 0 Å². The van der Waals surface area contributed by atoms with Crippen molar-refractivity contribution in [3.63, 3.8) is 0 Å². The van der Waals surface area contributed by atoms with Crippen LogP contribution in [0.1, 0.15) is 18.1 Å². The summed E-state index contributed by atoms with van der Waals surface area (Å²) in [6, 6.07) is 3.23. The van der Waals surface area contributed by atoms with Crippen molar-refractivity contribution in [3.8, 4) is 5.75 Å². The van der Waals surface area contributed by atoms with Crippen LogP contribution in [0.5, 0.6) is 5.75 Å². The molecule has 0 amide bonds. The zero-order valence-electron chi connectivity index (χ0n) is 8.62. The summed E-state index contributed by atoms with van der Waals surface area (Å²) in [6.07, 6.45) is 0.238. The molecule has 0 saturated heterocycles. The van der Waals surface area contributed by atoms with Gasteiger partial charge in [0.15, 0.2) is 0 Å². The third-order valence-corrected chi connectivity index (χ3v) is 2.87. The van der Waals surface area contributed by atoms with Crippen LogP contribution < -0.4 is 0 Å². The number of aromatic hydroxyl groups is 1. The van der Waals surface area contributed by atoms with Crippen molar-refractivity contribution in [1.82, 2.24) is 0 Å². The van der Waals surface area contributed by atoms with E-state index in [1.807, 2.05) is 6.92 Å². The molecule has 0 bridgehead atoms. The number of carboxylic acids is 1. The number of rotatable bonds is 3. The van der Waals surface area contributed by atoms with Gasteiger partial charge >= 0.3 is 5.97 Å². The molecule has 0 heterocycles. The lowest BCUT2D eigenvalue weighted by atomic mass is 9.99. The average Bonchev–Trinajstić information content (AvgIpc) is 2.18. The molecular formula is C11H13ClO3. The van der Waals surface area contributed by atoms with Crippen molar-refractivity contribution < 1.29 is 15.0 Å². The Hall–Kier alpha value is -1.22. The molecule has 1 rings (SSSR count). The minimum atomic E-state index is -0.896. The molecular weight excluding hydrogens is 216 g/mol. The highest BCUT2D eigenvalue weighted by Crippen LogP contribution is 2.30. The Bertz CT molecular complexity index is 388. The molecule has 82 valence electrons. The first-order valence-corrected chi connectivity index (χ1v) is 5.01. The standard InChI is InChI=1S/C11H13ClO3/c1-6-3-4-9(13)8(10(6)12)5-7(2)11(14)15/h3-4,7,13H,5H2,1-2H3,(H,14,15). The lowest BCUT2D eigenvalue weighted by Crippen LogP contribution is -2.12. The van der Waals surface area contributed by atoms with Gasteiger partial charge in [0.1, 0.15) is 5.75 Å². The Morgan fingerprint density at radius 3 is 2.67 bits per heavy atom. The number of carboxylic acid groups (broad SMARTS) is 1. The molecule has 0 fully saturated rings. The van der Waals surface area contributed by atoms with E-state index in [-0.39, 0.29) is 12.2 Å². The van der Waals surface area contributed by atoms with Crippen LogP contribution in [-0.2, 0) is 11.2 Å². The van der Waals surface area contributed by atoms with E-state index in [0.29, 0.717) is 10.6 Å². The molecule has 3 nitrogen and oxygen atoms in total. The van der Waals surface area contributed by atoms with Gasteiger partial charge in [-0.2, -0.15) is 0 Å². The molecule has 1 atom stereocenters. The first-order valence-electron chi connectivity index (χ1n) is 4.63. The van der Waals surface area contributed by atoms with Crippen molar-refractivity contribution in [3.05, 3.63) is 28.3 Å². The molecule has 2 N–H and O–H groups in total. The molecule has 0 radical (unpaired) electrons. The number of aliphatic carboxylic acids is 1. The molecule has 0 aliphatic heterocycles. The fourth-order valence-corrected chi connectivity index (χ4v) is 1.55. The minimum Gasteiger partial charge on any atom is -0.508 e. The number of phenols is 1. The first kappa shape index (κ1) is 11.9. The van der Waals surface area contributed by atoms with E-state index in [2.05, 4.69) is 0 Å². The van der Waals surface area contributed by atoms with Crippen LogP contribution in [0.25, 0.3) is 0 Å². The predicted molar refractivity (Wildman–Crippen MR) is 58.4 cm³/mol. The van der Waals surface area contributed by atoms with Gasteiger partial charge in [-0.05, 0) is 25.0 Å². The van der Waals surface area contributed by atoms with Crippen molar-refractivity contribution >= 4 is 17.6 Å². The maximum atomic E-state index is 10.7. The number of halogens is 1. The van der Waals surface area contributed by atoms with Crippen molar-refractivity contribution in [2.45, 2.75) is 20.3 Å². The van der Waals surface area contributed by atoms with E-state index >= 15 is 0 Å². The quantitative estimate of drug-likeness (QED) is 0.836. The third kappa shape index (κ3) is 2.63. The number of aryl methyl sites for hydroxylation is 1. The second-order valence-electron chi connectivity index (χ2n) is 3.64. The van der Waals surface area contributed by atoms with Gasteiger partial charge in [0.05, 0.1) is 10.9 Å². The number of carbonyl (C=O) groups is 1. The van der Waals surface area contributed by atoms with Crippen LogP contribution in [0, 0.1) is 12.8 Å². The third-order valence-electron chi connectivity index (χ3n) is 2.34. The van der Waals surface area contributed by atoms with Gasteiger partial charge in [-0.25, -0.2) is 0 Å². The van der Waals surface area contributed by atoms with E-state index in [0.717, 1.165) is 5.56 Å². The highest BCUT2D eigenvalue weighted by Gasteiger charge is 2.17. The van der Waals surface area contributed by atoms with Crippen LogP contribution in [0.4, 0.5) is 0 Å². The zero-order chi connectivity index (χ0) is 11.6. The summed E-state index contributed by atoms with van der Waals surface area (Å²) in [7, 11) is 0. The maximum Gasteiger partial charge on any atom is 0.306 e. The van der Waals surface area contributed by atoms with Gasteiger partial charge in [-0.3, -0.25) is 4.79 Å². The molecule has 1 aromatic rings. The predicted octanol–water partition coefficient (Wildman–Crippen LogP) is 2.62. The van der Waals surface area contributed by atoms with E-state index in [1.54, 1.807) is 13.0 Å². The summed E-state index contributed by atoms with van der Waals surface area (Å²) in [5.74, 6) is -1.40.